The molecule has 2 atom stereocenters. The number of morpholine rings is 1. The van der Waals surface area contributed by atoms with E-state index in [9.17, 15) is 18.0 Å². The Bertz CT molecular complexity index is 1190. The molecule has 1 aliphatic rings. The number of hydrogen-bond acceptors (Lipinski definition) is 5. The lowest BCUT2D eigenvalue weighted by Crippen LogP contribution is -2.45. The van der Waals surface area contributed by atoms with Crippen LogP contribution in [0.3, 0.4) is 0 Å². The third kappa shape index (κ3) is 6.10. The summed E-state index contributed by atoms with van der Waals surface area (Å²) in [5, 5.41) is 2.91. The molecule has 0 spiro atoms. The van der Waals surface area contributed by atoms with Crippen LogP contribution in [-0.4, -0.2) is 42.6 Å². The third-order valence-corrected chi connectivity index (χ3v) is 5.74. The Hall–Kier alpha value is -3.59. The van der Waals surface area contributed by atoms with Crippen LogP contribution in [0.15, 0.2) is 60.9 Å². The van der Waals surface area contributed by atoms with Gasteiger partial charge in [0, 0.05) is 18.7 Å². The molecule has 6 nitrogen and oxygen atoms in total. The van der Waals surface area contributed by atoms with Gasteiger partial charge in [0.15, 0.2) is 0 Å². The zero-order valence-electron chi connectivity index (χ0n) is 19.6. The fraction of sp³-hybridized carbons (Fsp3) is 0.308. The Labute approximate surface area is 201 Å². The lowest BCUT2D eigenvalue weighted by molar-refractivity contribution is -0.274. The van der Waals surface area contributed by atoms with Crippen LogP contribution < -0.4 is 15.0 Å². The second kappa shape index (κ2) is 9.95. The molecule has 0 saturated carbocycles. The summed E-state index contributed by atoms with van der Waals surface area (Å²) in [7, 11) is 0. The van der Waals surface area contributed by atoms with Gasteiger partial charge in [-0.3, -0.25) is 9.78 Å². The van der Waals surface area contributed by atoms with Crippen LogP contribution in [0.5, 0.6) is 5.75 Å². The van der Waals surface area contributed by atoms with Crippen LogP contribution >= 0.6 is 0 Å². The molecular weight excluding hydrogens is 459 g/mol. The summed E-state index contributed by atoms with van der Waals surface area (Å²) in [5.41, 5.74) is 4.03. The molecular formula is C26H26F3N3O3. The maximum Gasteiger partial charge on any atom is 0.573 e. The van der Waals surface area contributed by atoms with Gasteiger partial charge in [-0.05, 0) is 61.7 Å². The predicted octanol–water partition coefficient (Wildman–Crippen LogP) is 5.82. The van der Waals surface area contributed by atoms with Crippen molar-refractivity contribution in [2.75, 3.05) is 23.3 Å². The number of pyridine rings is 1. The van der Waals surface area contributed by atoms with Gasteiger partial charge in [0.2, 0.25) is 0 Å². The fourth-order valence-electron chi connectivity index (χ4n) is 4.29. The molecule has 184 valence electrons. The molecule has 1 saturated heterocycles. The van der Waals surface area contributed by atoms with Crippen molar-refractivity contribution in [3.05, 3.63) is 72.1 Å². The number of ether oxygens (including phenoxy) is 2. The second-order valence-corrected chi connectivity index (χ2v) is 8.60. The lowest BCUT2D eigenvalue weighted by Gasteiger charge is -2.36. The highest BCUT2D eigenvalue weighted by Gasteiger charge is 2.31. The first kappa shape index (κ1) is 24.5. The second-order valence-electron chi connectivity index (χ2n) is 8.60. The van der Waals surface area contributed by atoms with Gasteiger partial charge in [0.25, 0.3) is 5.91 Å². The van der Waals surface area contributed by atoms with Crippen LogP contribution in [0.25, 0.3) is 11.1 Å². The van der Waals surface area contributed by atoms with Crippen molar-refractivity contribution in [1.82, 2.24) is 4.98 Å². The van der Waals surface area contributed by atoms with Crippen molar-refractivity contribution < 1.29 is 27.4 Å². The van der Waals surface area contributed by atoms with Crippen LogP contribution in [0.2, 0.25) is 0 Å². The molecule has 0 bridgehead atoms. The molecule has 2 heterocycles. The van der Waals surface area contributed by atoms with E-state index in [0.29, 0.717) is 22.4 Å². The van der Waals surface area contributed by atoms with Crippen LogP contribution in [0.4, 0.5) is 24.5 Å². The molecule has 0 unspecified atom stereocenters. The minimum atomic E-state index is -4.75. The number of alkyl halides is 3. The van der Waals surface area contributed by atoms with Gasteiger partial charge in [-0.15, -0.1) is 13.2 Å². The Morgan fingerprint density at radius 1 is 1.09 bits per heavy atom. The number of amides is 1. The quantitative estimate of drug-likeness (QED) is 0.493. The normalized spacial score (nSPS) is 18.3. The van der Waals surface area contributed by atoms with E-state index in [0.717, 1.165) is 24.3 Å². The van der Waals surface area contributed by atoms with E-state index in [-0.39, 0.29) is 23.9 Å². The topological polar surface area (TPSA) is 63.7 Å². The molecule has 1 aliphatic heterocycles. The molecule has 3 aromatic rings. The number of hydrogen-bond donors (Lipinski definition) is 1. The van der Waals surface area contributed by atoms with Crippen molar-refractivity contribution in [1.29, 1.82) is 0 Å². The maximum atomic E-state index is 13.1. The Kier molecular flexibility index (Phi) is 6.98. The van der Waals surface area contributed by atoms with Gasteiger partial charge < -0.3 is 19.7 Å². The summed E-state index contributed by atoms with van der Waals surface area (Å²) in [4.78, 5) is 19.6. The predicted molar refractivity (Wildman–Crippen MR) is 128 cm³/mol. The van der Waals surface area contributed by atoms with Gasteiger partial charge in [0.1, 0.15) is 5.75 Å². The van der Waals surface area contributed by atoms with Crippen molar-refractivity contribution >= 4 is 17.3 Å². The Balaban J connectivity index is 1.52. The van der Waals surface area contributed by atoms with Crippen molar-refractivity contribution in [2.24, 2.45) is 0 Å². The number of anilines is 2. The van der Waals surface area contributed by atoms with Gasteiger partial charge in [-0.1, -0.05) is 24.3 Å². The molecule has 1 aromatic heterocycles. The first-order valence-corrected chi connectivity index (χ1v) is 11.2. The average molecular weight is 486 g/mol. The fourth-order valence-corrected chi connectivity index (χ4v) is 4.29. The summed E-state index contributed by atoms with van der Waals surface area (Å²) in [6.07, 6.45) is -1.21. The van der Waals surface area contributed by atoms with E-state index in [2.05, 4.69) is 19.9 Å². The van der Waals surface area contributed by atoms with Crippen molar-refractivity contribution in [3.63, 3.8) is 0 Å². The van der Waals surface area contributed by atoms with E-state index in [4.69, 9.17) is 4.74 Å². The smallest absolute Gasteiger partial charge is 0.406 e. The van der Waals surface area contributed by atoms with Gasteiger partial charge in [0.05, 0.1) is 36.0 Å². The molecule has 9 heteroatoms. The number of nitrogens with one attached hydrogen (secondary N) is 1. The van der Waals surface area contributed by atoms with E-state index in [1.54, 1.807) is 31.5 Å². The summed E-state index contributed by atoms with van der Waals surface area (Å²) in [5.74, 6) is -0.603. The highest BCUT2D eigenvalue weighted by molar-refractivity contribution is 6.06. The number of benzene rings is 2. The first-order chi connectivity index (χ1) is 16.6. The molecule has 35 heavy (non-hydrogen) atoms. The summed E-state index contributed by atoms with van der Waals surface area (Å²) in [6.45, 7) is 7.31. The first-order valence-electron chi connectivity index (χ1n) is 11.2. The standard InChI is InChI=1S/C26H26F3N3O3/c1-16-14-32(15-17(2)34-16)21-11-20(12-30-13-21)31-25(33)24-6-4-5-23(18(24)3)19-7-9-22(10-8-19)35-26(27,28)29/h4-13,16-17H,14-15H2,1-3H3,(H,31,33)/t16-,17+. The van der Waals surface area contributed by atoms with Gasteiger partial charge >= 0.3 is 6.36 Å². The zero-order chi connectivity index (χ0) is 25.2. The number of rotatable bonds is 5. The third-order valence-electron chi connectivity index (χ3n) is 5.74. The molecule has 0 aliphatic carbocycles. The van der Waals surface area contributed by atoms with Gasteiger partial charge in [-0.2, -0.15) is 0 Å². The molecule has 1 amide bonds. The summed E-state index contributed by atoms with van der Waals surface area (Å²) < 4.78 is 47.0. The number of carbonyl (C=O) groups excluding carboxylic acids is 1. The number of halogens is 3. The zero-order valence-corrected chi connectivity index (χ0v) is 19.6. The highest BCUT2D eigenvalue weighted by Crippen LogP contribution is 2.30. The van der Waals surface area contributed by atoms with Crippen LogP contribution in [0, 0.1) is 6.92 Å². The monoisotopic (exact) mass is 485 g/mol. The molecule has 2 aromatic carbocycles. The minimum Gasteiger partial charge on any atom is -0.406 e. The Morgan fingerprint density at radius 2 is 1.77 bits per heavy atom. The van der Waals surface area contributed by atoms with Gasteiger partial charge in [-0.25, -0.2) is 0 Å². The Morgan fingerprint density at radius 3 is 2.43 bits per heavy atom. The van der Waals surface area contributed by atoms with E-state index < -0.39 is 6.36 Å². The lowest BCUT2D eigenvalue weighted by atomic mass is 9.96. The summed E-state index contributed by atoms with van der Waals surface area (Å²) in [6, 6.07) is 12.7. The molecule has 1 fully saturated rings. The molecule has 0 radical (unpaired) electrons. The summed E-state index contributed by atoms with van der Waals surface area (Å²) >= 11 is 0. The van der Waals surface area contributed by atoms with Crippen LogP contribution in [0.1, 0.15) is 29.8 Å². The van der Waals surface area contributed by atoms with Crippen molar-refractivity contribution in [2.45, 2.75) is 39.3 Å². The maximum absolute atomic E-state index is 13.1. The number of nitrogens with zero attached hydrogens (tertiary/aromatic N) is 2. The number of carbonyl (C=O) groups is 1. The van der Waals surface area contributed by atoms with E-state index >= 15 is 0 Å². The van der Waals surface area contributed by atoms with E-state index in [1.807, 2.05) is 26.0 Å². The number of aromatic nitrogens is 1. The van der Waals surface area contributed by atoms with E-state index in [1.165, 1.54) is 24.3 Å². The molecule has 1 N–H and O–H groups in total. The van der Waals surface area contributed by atoms with Crippen LogP contribution in [-0.2, 0) is 4.74 Å². The average Bonchev–Trinajstić information content (AvgIpc) is 2.78. The largest absolute Gasteiger partial charge is 0.573 e. The minimum absolute atomic E-state index is 0.0940. The van der Waals surface area contributed by atoms with Crippen molar-refractivity contribution in [3.8, 4) is 16.9 Å². The SMILES string of the molecule is Cc1c(C(=O)Nc2cncc(N3C[C@@H](C)O[C@@H](C)C3)c2)cccc1-c1ccc(OC(F)(F)F)cc1. The highest BCUT2D eigenvalue weighted by atomic mass is 19.4. The molecule has 4 rings (SSSR count).